The average molecular weight is 226 g/mol. The van der Waals surface area contributed by atoms with E-state index >= 15 is 0 Å². The maximum Gasteiger partial charge on any atom is 0.0991 e. The van der Waals surface area contributed by atoms with E-state index in [4.69, 9.17) is 11.0 Å². The number of nitriles is 1. The van der Waals surface area contributed by atoms with Gasteiger partial charge < -0.3 is 5.73 Å². The van der Waals surface area contributed by atoms with Crippen molar-refractivity contribution >= 4 is 17.4 Å². The molecule has 78 valence electrons. The lowest BCUT2D eigenvalue weighted by molar-refractivity contribution is 1.39. The van der Waals surface area contributed by atoms with Gasteiger partial charge in [0.2, 0.25) is 0 Å². The summed E-state index contributed by atoms with van der Waals surface area (Å²) in [7, 11) is 0. The predicted octanol–water partition coefficient (Wildman–Crippen LogP) is 3.29. The zero-order valence-electron chi connectivity index (χ0n) is 8.55. The third-order valence-electron chi connectivity index (χ3n) is 2.10. The Morgan fingerprint density at radius 1 is 0.875 bits per heavy atom. The van der Waals surface area contributed by atoms with Gasteiger partial charge in [-0.3, -0.25) is 0 Å². The van der Waals surface area contributed by atoms with Gasteiger partial charge in [0.1, 0.15) is 0 Å². The highest BCUT2D eigenvalue weighted by atomic mass is 32.2. The molecule has 0 saturated carbocycles. The summed E-state index contributed by atoms with van der Waals surface area (Å²) < 4.78 is 0. The van der Waals surface area contributed by atoms with E-state index < -0.39 is 0 Å². The van der Waals surface area contributed by atoms with Crippen LogP contribution in [0.4, 0.5) is 5.69 Å². The Labute approximate surface area is 98.7 Å². The Bertz CT molecular complexity index is 509. The van der Waals surface area contributed by atoms with E-state index in [9.17, 15) is 0 Å². The highest BCUT2D eigenvalue weighted by molar-refractivity contribution is 7.99. The Balaban J connectivity index is 2.15. The molecule has 0 aliphatic heterocycles. The lowest BCUT2D eigenvalue weighted by Crippen LogP contribution is -1.82. The molecular formula is C13H10N2S. The molecule has 0 aliphatic rings. The van der Waals surface area contributed by atoms with Gasteiger partial charge in [0, 0.05) is 15.5 Å². The van der Waals surface area contributed by atoms with Crippen molar-refractivity contribution in [1.29, 1.82) is 5.26 Å². The smallest absolute Gasteiger partial charge is 0.0991 e. The van der Waals surface area contributed by atoms with Crippen LogP contribution in [0.25, 0.3) is 0 Å². The average Bonchev–Trinajstić information content (AvgIpc) is 2.33. The summed E-state index contributed by atoms with van der Waals surface area (Å²) in [6.07, 6.45) is 0. The fraction of sp³-hybridized carbons (Fsp3) is 0. The first-order chi connectivity index (χ1) is 7.78. The van der Waals surface area contributed by atoms with Crippen molar-refractivity contribution in [2.24, 2.45) is 0 Å². The molecule has 0 saturated heterocycles. The van der Waals surface area contributed by atoms with Crippen molar-refractivity contribution < 1.29 is 0 Å². The molecule has 2 aromatic rings. The van der Waals surface area contributed by atoms with Crippen molar-refractivity contribution in [3.8, 4) is 6.07 Å². The Morgan fingerprint density at radius 2 is 1.38 bits per heavy atom. The van der Waals surface area contributed by atoms with Crippen LogP contribution in [0, 0.1) is 11.3 Å². The summed E-state index contributed by atoms with van der Waals surface area (Å²) in [4.78, 5) is 2.25. The molecule has 0 fully saturated rings. The molecule has 2 rings (SSSR count). The van der Waals surface area contributed by atoms with Crippen LogP contribution in [0.3, 0.4) is 0 Å². The Hall–Kier alpha value is -1.92. The van der Waals surface area contributed by atoms with E-state index in [1.54, 1.807) is 11.8 Å². The molecule has 0 spiro atoms. The highest BCUT2D eigenvalue weighted by Crippen LogP contribution is 2.28. The first kappa shape index (κ1) is 10.6. The van der Waals surface area contributed by atoms with Gasteiger partial charge in [0.25, 0.3) is 0 Å². The molecule has 16 heavy (non-hydrogen) atoms. The molecular weight excluding hydrogens is 216 g/mol. The van der Waals surface area contributed by atoms with Gasteiger partial charge in [-0.05, 0) is 48.5 Å². The van der Waals surface area contributed by atoms with Gasteiger partial charge in [-0.1, -0.05) is 11.8 Å². The van der Waals surface area contributed by atoms with Gasteiger partial charge in [-0.15, -0.1) is 0 Å². The molecule has 0 aromatic heterocycles. The van der Waals surface area contributed by atoms with Gasteiger partial charge >= 0.3 is 0 Å². The van der Waals surface area contributed by atoms with Crippen molar-refractivity contribution in [2.45, 2.75) is 9.79 Å². The first-order valence-corrected chi connectivity index (χ1v) is 5.63. The minimum absolute atomic E-state index is 0.682. The Kier molecular flexibility index (Phi) is 3.13. The summed E-state index contributed by atoms with van der Waals surface area (Å²) in [6, 6.07) is 17.4. The molecule has 2 aromatic carbocycles. The maximum atomic E-state index is 8.68. The number of nitrogens with two attached hydrogens (primary N) is 1. The van der Waals surface area contributed by atoms with Crippen LogP contribution in [-0.4, -0.2) is 0 Å². The van der Waals surface area contributed by atoms with Crippen LogP contribution in [0.2, 0.25) is 0 Å². The van der Waals surface area contributed by atoms with Crippen molar-refractivity contribution in [3.05, 3.63) is 54.1 Å². The summed E-state index contributed by atoms with van der Waals surface area (Å²) in [5.74, 6) is 0. The van der Waals surface area contributed by atoms with E-state index in [2.05, 4.69) is 6.07 Å². The van der Waals surface area contributed by atoms with Gasteiger partial charge in [0.15, 0.2) is 0 Å². The SMILES string of the molecule is N#Cc1ccc(Sc2ccc(N)cc2)cc1. The summed E-state index contributed by atoms with van der Waals surface area (Å²) in [5, 5.41) is 8.68. The van der Waals surface area contributed by atoms with Crippen LogP contribution in [-0.2, 0) is 0 Å². The third kappa shape index (κ3) is 2.56. The number of nitrogen functional groups attached to an aromatic ring is 1. The van der Waals surface area contributed by atoms with Gasteiger partial charge in [-0.25, -0.2) is 0 Å². The standard InChI is InChI=1S/C13H10N2S/c14-9-10-1-5-12(6-2-10)16-13-7-3-11(15)4-8-13/h1-8H,15H2. The predicted molar refractivity (Wildman–Crippen MR) is 66.1 cm³/mol. The summed E-state index contributed by atoms with van der Waals surface area (Å²) >= 11 is 1.65. The van der Waals surface area contributed by atoms with Crippen molar-refractivity contribution in [1.82, 2.24) is 0 Å². The number of nitrogens with zero attached hydrogens (tertiary/aromatic N) is 1. The third-order valence-corrected chi connectivity index (χ3v) is 3.11. The molecule has 0 radical (unpaired) electrons. The van der Waals surface area contributed by atoms with Crippen LogP contribution in [0.5, 0.6) is 0 Å². The van der Waals surface area contributed by atoms with Crippen LogP contribution < -0.4 is 5.73 Å². The molecule has 0 heterocycles. The van der Waals surface area contributed by atoms with Crippen molar-refractivity contribution in [2.75, 3.05) is 5.73 Å². The molecule has 0 atom stereocenters. The van der Waals surface area contributed by atoms with E-state index in [0.717, 1.165) is 15.5 Å². The minimum atomic E-state index is 0.682. The number of benzene rings is 2. The van der Waals surface area contributed by atoms with Crippen molar-refractivity contribution in [3.63, 3.8) is 0 Å². The quantitative estimate of drug-likeness (QED) is 0.799. The maximum absolute atomic E-state index is 8.68. The first-order valence-electron chi connectivity index (χ1n) is 4.81. The van der Waals surface area contributed by atoms with E-state index in [-0.39, 0.29) is 0 Å². The van der Waals surface area contributed by atoms with Gasteiger partial charge in [-0.2, -0.15) is 5.26 Å². The van der Waals surface area contributed by atoms with Crippen LogP contribution in [0.15, 0.2) is 58.3 Å². The molecule has 2 N–H and O–H groups in total. The fourth-order valence-electron chi connectivity index (χ4n) is 1.27. The largest absolute Gasteiger partial charge is 0.399 e. The monoisotopic (exact) mass is 226 g/mol. The second-order valence-corrected chi connectivity index (χ2v) is 4.45. The summed E-state index contributed by atoms with van der Waals surface area (Å²) in [5.41, 5.74) is 7.06. The Morgan fingerprint density at radius 3 is 1.88 bits per heavy atom. The zero-order valence-corrected chi connectivity index (χ0v) is 9.37. The molecule has 0 bridgehead atoms. The number of hydrogen-bond acceptors (Lipinski definition) is 3. The molecule has 2 nitrogen and oxygen atoms in total. The van der Waals surface area contributed by atoms with Crippen LogP contribution in [0.1, 0.15) is 5.56 Å². The molecule has 0 amide bonds. The van der Waals surface area contributed by atoms with E-state index in [1.165, 1.54) is 0 Å². The molecule has 3 heteroatoms. The molecule has 0 unspecified atom stereocenters. The van der Waals surface area contributed by atoms with Crippen LogP contribution >= 0.6 is 11.8 Å². The highest BCUT2D eigenvalue weighted by Gasteiger charge is 1.97. The lowest BCUT2D eigenvalue weighted by atomic mass is 10.2. The second-order valence-electron chi connectivity index (χ2n) is 3.31. The van der Waals surface area contributed by atoms with E-state index in [0.29, 0.717) is 5.56 Å². The molecule has 0 aliphatic carbocycles. The summed E-state index contributed by atoms with van der Waals surface area (Å²) in [6.45, 7) is 0. The van der Waals surface area contributed by atoms with E-state index in [1.807, 2.05) is 48.5 Å². The van der Waals surface area contributed by atoms with Gasteiger partial charge in [0.05, 0.1) is 11.6 Å². The zero-order chi connectivity index (χ0) is 11.4. The number of rotatable bonds is 2. The normalized spacial score (nSPS) is 9.69. The number of hydrogen-bond donors (Lipinski definition) is 1. The minimum Gasteiger partial charge on any atom is -0.399 e. The lowest BCUT2D eigenvalue weighted by Gasteiger charge is -2.01. The number of anilines is 1. The topological polar surface area (TPSA) is 49.8 Å². The second kappa shape index (κ2) is 4.73. The fourth-order valence-corrected chi connectivity index (χ4v) is 2.09.